The number of carboxylic acids is 1. The summed E-state index contributed by atoms with van der Waals surface area (Å²) in [7, 11) is 0. The summed E-state index contributed by atoms with van der Waals surface area (Å²) in [6, 6.07) is 0. The maximum Gasteiger partial charge on any atom is 0.330 e. The summed E-state index contributed by atoms with van der Waals surface area (Å²) in [5.41, 5.74) is 0.338. The largest absolute Gasteiger partial charge is 0.478 e. The number of aliphatic carboxylic acids is 1. The molecule has 0 aromatic heterocycles. The van der Waals surface area contributed by atoms with Crippen LogP contribution in [-0.2, 0) is 14.3 Å². The van der Waals surface area contributed by atoms with Crippen LogP contribution >= 0.6 is 0 Å². The van der Waals surface area contributed by atoms with E-state index in [0.717, 1.165) is 31.6 Å². The van der Waals surface area contributed by atoms with Crippen molar-refractivity contribution in [3.8, 4) is 0 Å². The Kier molecular flexibility index (Phi) is 16.3. The highest BCUT2D eigenvalue weighted by molar-refractivity contribution is 5.85. The zero-order chi connectivity index (χ0) is 17.4. The maximum atomic E-state index is 10.4. The van der Waals surface area contributed by atoms with Crippen molar-refractivity contribution in [3.05, 3.63) is 24.8 Å². The zero-order valence-electron chi connectivity index (χ0n) is 14.4. The van der Waals surface area contributed by atoms with Gasteiger partial charge in [0.25, 0.3) is 0 Å². The number of carboxylic acid groups (broad SMARTS) is 1. The average molecular weight is 312 g/mol. The number of unbranched alkanes of at least 4 members (excludes halogenated alkanes) is 3. The van der Waals surface area contributed by atoms with Gasteiger partial charge in [-0.2, -0.15) is 0 Å². The van der Waals surface area contributed by atoms with Gasteiger partial charge in [0.2, 0.25) is 0 Å². The number of rotatable bonds is 11. The molecule has 0 aliphatic carbocycles. The van der Waals surface area contributed by atoms with E-state index in [1.807, 2.05) is 6.92 Å². The normalized spacial score (nSPS) is 9.64. The molecule has 22 heavy (non-hydrogen) atoms. The second kappa shape index (κ2) is 15.8. The Hall–Kier alpha value is -1.58. The standard InChI is InChI=1S/C11H20O2.C7H12O2/c1-9(2)7-5-4-6-8-10(3)11(12)13;1-3-5-6-9-7(8)4-2/h9H,3-8H2,1-2H3,(H,12,13);4H,2-3,5-6H2,1H3. The molecule has 4 nitrogen and oxygen atoms in total. The van der Waals surface area contributed by atoms with Crippen molar-refractivity contribution in [1.82, 2.24) is 0 Å². The van der Waals surface area contributed by atoms with E-state index in [2.05, 4.69) is 31.7 Å². The summed E-state index contributed by atoms with van der Waals surface area (Å²) in [4.78, 5) is 20.7. The third-order valence-corrected chi connectivity index (χ3v) is 2.97. The molecule has 0 radical (unpaired) electrons. The SMILES string of the molecule is C=C(CCCCCC(C)C)C(=O)O.C=CC(=O)OCCCC. The Morgan fingerprint density at radius 2 is 1.82 bits per heavy atom. The monoisotopic (exact) mass is 312 g/mol. The van der Waals surface area contributed by atoms with Crippen molar-refractivity contribution in [3.63, 3.8) is 0 Å². The molecule has 0 aromatic rings. The summed E-state index contributed by atoms with van der Waals surface area (Å²) in [5.74, 6) is -0.435. The van der Waals surface area contributed by atoms with Crippen LogP contribution in [0.2, 0.25) is 0 Å². The van der Waals surface area contributed by atoms with Gasteiger partial charge in [-0.25, -0.2) is 9.59 Å². The lowest BCUT2D eigenvalue weighted by Gasteiger charge is -2.03. The predicted octanol–water partition coefficient (Wildman–Crippen LogP) is 4.75. The molecule has 0 atom stereocenters. The van der Waals surface area contributed by atoms with Gasteiger partial charge in [0.1, 0.15) is 0 Å². The molecule has 0 heterocycles. The quantitative estimate of drug-likeness (QED) is 0.340. The minimum atomic E-state index is -0.858. The molecule has 4 heteroatoms. The fraction of sp³-hybridized carbons (Fsp3) is 0.667. The van der Waals surface area contributed by atoms with Gasteiger partial charge in [0.15, 0.2) is 0 Å². The van der Waals surface area contributed by atoms with E-state index in [4.69, 9.17) is 5.11 Å². The lowest BCUT2D eigenvalue weighted by Crippen LogP contribution is -2.00. The van der Waals surface area contributed by atoms with Gasteiger partial charge in [-0.1, -0.05) is 59.6 Å². The summed E-state index contributed by atoms with van der Waals surface area (Å²) in [6.45, 7) is 13.7. The molecule has 0 fully saturated rings. The first kappa shape index (κ1) is 22.7. The average Bonchev–Trinajstić information content (AvgIpc) is 2.47. The van der Waals surface area contributed by atoms with Gasteiger partial charge in [-0.15, -0.1) is 0 Å². The van der Waals surface area contributed by atoms with Crippen LogP contribution in [0.5, 0.6) is 0 Å². The summed E-state index contributed by atoms with van der Waals surface area (Å²) >= 11 is 0. The molecule has 0 aromatic carbocycles. The number of hydrogen-bond acceptors (Lipinski definition) is 3. The molecule has 0 rings (SSSR count). The molecule has 0 saturated carbocycles. The molecule has 0 aliphatic heterocycles. The van der Waals surface area contributed by atoms with Crippen LogP contribution in [0, 0.1) is 5.92 Å². The second-order valence-electron chi connectivity index (χ2n) is 5.63. The molecular weight excluding hydrogens is 280 g/mol. The number of ether oxygens (including phenoxy) is 1. The minimum absolute atomic E-state index is 0.330. The van der Waals surface area contributed by atoms with E-state index in [1.165, 1.54) is 18.9 Å². The molecule has 0 spiro atoms. The minimum Gasteiger partial charge on any atom is -0.478 e. The van der Waals surface area contributed by atoms with Crippen LogP contribution in [0.15, 0.2) is 24.8 Å². The summed E-state index contributed by atoms with van der Waals surface area (Å²) in [6.07, 6.45) is 8.29. The van der Waals surface area contributed by atoms with E-state index < -0.39 is 5.97 Å². The van der Waals surface area contributed by atoms with Crippen molar-refractivity contribution in [2.75, 3.05) is 6.61 Å². The van der Waals surface area contributed by atoms with E-state index >= 15 is 0 Å². The Labute approximate surface area is 135 Å². The fourth-order valence-corrected chi connectivity index (χ4v) is 1.55. The number of esters is 1. The number of carbonyl (C=O) groups excluding carboxylic acids is 1. The first-order valence-electron chi connectivity index (χ1n) is 8.05. The Bertz CT molecular complexity index is 332. The highest BCUT2D eigenvalue weighted by atomic mass is 16.5. The first-order valence-corrected chi connectivity index (χ1v) is 8.05. The number of hydrogen-bond donors (Lipinski definition) is 1. The van der Waals surface area contributed by atoms with E-state index in [1.54, 1.807) is 0 Å². The molecule has 0 bridgehead atoms. The highest BCUT2D eigenvalue weighted by Gasteiger charge is 2.02. The highest BCUT2D eigenvalue weighted by Crippen LogP contribution is 2.12. The molecule has 1 N–H and O–H groups in total. The van der Waals surface area contributed by atoms with Gasteiger partial charge in [0, 0.05) is 11.6 Å². The van der Waals surface area contributed by atoms with Crippen molar-refractivity contribution in [1.29, 1.82) is 0 Å². The lowest BCUT2D eigenvalue weighted by molar-refractivity contribution is -0.138. The van der Waals surface area contributed by atoms with Gasteiger partial charge in [-0.3, -0.25) is 0 Å². The lowest BCUT2D eigenvalue weighted by atomic mass is 10.0. The second-order valence-corrected chi connectivity index (χ2v) is 5.63. The zero-order valence-corrected chi connectivity index (χ0v) is 14.4. The molecule has 0 aliphatic rings. The predicted molar refractivity (Wildman–Crippen MR) is 90.8 cm³/mol. The molecule has 0 unspecified atom stereocenters. The third-order valence-electron chi connectivity index (χ3n) is 2.97. The van der Waals surface area contributed by atoms with Crippen molar-refractivity contribution < 1.29 is 19.4 Å². The van der Waals surface area contributed by atoms with Crippen LogP contribution in [0.25, 0.3) is 0 Å². The van der Waals surface area contributed by atoms with E-state index in [9.17, 15) is 9.59 Å². The topological polar surface area (TPSA) is 63.6 Å². The molecule has 0 amide bonds. The molecular formula is C18H32O4. The smallest absolute Gasteiger partial charge is 0.330 e. The van der Waals surface area contributed by atoms with Gasteiger partial charge in [0.05, 0.1) is 6.61 Å². The van der Waals surface area contributed by atoms with Gasteiger partial charge in [-0.05, 0) is 25.2 Å². The Balaban J connectivity index is 0. The summed E-state index contributed by atoms with van der Waals surface area (Å²) in [5, 5.41) is 8.53. The fourth-order valence-electron chi connectivity index (χ4n) is 1.55. The first-order chi connectivity index (χ1) is 10.3. The van der Waals surface area contributed by atoms with Crippen molar-refractivity contribution >= 4 is 11.9 Å². The van der Waals surface area contributed by atoms with Crippen molar-refractivity contribution in [2.24, 2.45) is 5.92 Å². The molecule has 0 saturated heterocycles. The van der Waals surface area contributed by atoms with Crippen LogP contribution in [0.1, 0.15) is 65.7 Å². The van der Waals surface area contributed by atoms with Crippen LogP contribution < -0.4 is 0 Å². The Morgan fingerprint density at radius 3 is 2.27 bits per heavy atom. The number of carbonyl (C=O) groups is 2. The van der Waals surface area contributed by atoms with E-state index in [0.29, 0.717) is 18.6 Å². The van der Waals surface area contributed by atoms with Gasteiger partial charge < -0.3 is 9.84 Å². The van der Waals surface area contributed by atoms with Gasteiger partial charge >= 0.3 is 11.9 Å². The Morgan fingerprint density at radius 1 is 1.18 bits per heavy atom. The van der Waals surface area contributed by atoms with Crippen LogP contribution in [0.4, 0.5) is 0 Å². The third kappa shape index (κ3) is 18.4. The summed E-state index contributed by atoms with van der Waals surface area (Å²) < 4.78 is 4.67. The molecule has 128 valence electrons. The van der Waals surface area contributed by atoms with Crippen molar-refractivity contribution in [2.45, 2.75) is 65.7 Å². The van der Waals surface area contributed by atoms with E-state index in [-0.39, 0.29) is 5.97 Å². The maximum absolute atomic E-state index is 10.4. The van der Waals surface area contributed by atoms with Crippen LogP contribution in [0.3, 0.4) is 0 Å². The van der Waals surface area contributed by atoms with Crippen LogP contribution in [-0.4, -0.2) is 23.7 Å².